The largest absolute Gasteiger partial charge is 0.481 e. The summed E-state index contributed by atoms with van der Waals surface area (Å²) in [4.78, 5) is 11.3. The van der Waals surface area contributed by atoms with Gasteiger partial charge in [-0.3, -0.25) is 4.79 Å². The van der Waals surface area contributed by atoms with Crippen molar-refractivity contribution in [1.29, 1.82) is 5.26 Å². The molecular formula is C14H17FN2O2. The Bertz CT molecular complexity index is 505. The molecule has 0 saturated heterocycles. The van der Waals surface area contributed by atoms with Crippen LogP contribution in [0.3, 0.4) is 0 Å². The van der Waals surface area contributed by atoms with Crippen LogP contribution in [0.15, 0.2) is 18.2 Å². The monoisotopic (exact) mass is 264 g/mol. The van der Waals surface area contributed by atoms with E-state index in [-0.39, 0.29) is 12.1 Å². The maximum Gasteiger partial charge on any atom is 0.311 e. The third-order valence-electron chi connectivity index (χ3n) is 3.55. The van der Waals surface area contributed by atoms with Gasteiger partial charge in [0.15, 0.2) is 0 Å². The third kappa shape index (κ3) is 3.02. The summed E-state index contributed by atoms with van der Waals surface area (Å²) in [5.74, 6) is -1.50. The summed E-state index contributed by atoms with van der Waals surface area (Å²) in [5, 5.41) is 21.1. The molecule has 5 heteroatoms. The molecule has 0 aliphatic heterocycles. The lowest BCUT2D eigenvalue weighted by Gasteiger charge is -2.27. The van der Waals surface area contributed by atoms with Crippen molar-refractivity contribution in [1.82, 2.24) is 0 Å². The lowest BCUT2D eigenvalue weighted by Crippen LogP contribution is -2.37. The number of carboxylic acid groups (broad SMARTS) is 1. The third-order valence-corrected chi connectivity index (χ3v) is 3.55. The SMILES string of the molecule is CCC(CC)(CNc1cccc(F)c1C#N)C(=O)O. The molecule has 0 aliphatic carbocycles. The van der Waals surface area contributed by atoms with Gasteiger partial charge in [-0.25, -0.2) is 4.39 Å². The van der Waals surface area contributed by atoms with Crippen molar-refractivity contribution >= 4 is 11.7 Å². The number of hydrogen-bond donors (Lipinski definition) is 2. The lowest BCUT2D eigenvalue weighted by molar-refractivity contribution is -0.148. The van der Waals surface area contributed by atoms with E-state index in [0.717, 1.165) is 0 Å². The van der Waals surface area contributed by atoms with Gasteiger partial charge in [-0.15, -0.1) is 0 Å². The number of nitriles is 1. The molecule has 0 heterocycles. The molecule has 19 heavy (non-hydrogen) atoms. The molecule has 0 atom stereocenters. The first-order valence-corrected chi connectivity index (χ1v) is 6.16. The average Bonchev–Trinajstić information content (AvgIpc) is 2.40. The molecule has 0 unspecified atom stereocenters. The fraction of sp³-hybridized carbons (Fsp3) is 0.429. The van der Waals surface area contributed by atoms with Crippen molar-refractivity contribution in [3.8, 4) is 6.07 Å². The highest BCUT2D eigenvalue weighted by Crippen LogP contribution is 2.28. The van der Waals surface area contributed by atoms with Gasteiger partial charge in [0, 0.05) is 6.54 Å². The Balaban J connectivity index is 2.96. The number of carboxylic acids is 1. The van der Waals surface area contributed by atoms with Crippen molar-refractivity contribution in [2.75, 3.05) is 11.9 Å². The molecule has 1 aromatic rings. The summed E-state index contributed by atoms with van der Waals surface area (Å²) < 4.78 is 13.4. The van der Waals surface area contributed by atoms with Crippen LogP contribution in [0.25, 0.3) is 0 Å². The molecule has 2 N–H and O–H groups in total. The zero-order chi connectivity index (χ0) is 14.5. The highest BCUT2D eigenvalue weighted by Gasteiger charge is 2.34. The molecule has 0 bridgehead atoms. The van der Waals surface area contributed by atoms with Crippen LogP contribution in [0.5, 0.6) is 0 Å². The second kappa shape index (κ2) is 6.19. The summed E-state index contributed by atoms with van der Waals surface area (Å²) in [5.41, 5.74) is -0.664. The van der Waals surface area contributed by atoms with Crippen molar-refractivity contribution < 1.29 is 14.3 Å². The molecule has 0 aromatic heterocycles. The molecule has 102 valence electrons. The Hall–Kier alpha value is -2.09. The van der Waals surface area contributed by atoms with E-state index in [0.29, 0.717) is 18.5 Å². The fourth-order valence-corrected chi connectivity index (χ4v) is 1.93. The first kappa shape index (κ1) is 15.0. The Morgan fingerprint density at radius 1 is 1.47 bits per heavy atom. The Morgan fingerprint density at radius 3 is 2.58 bits per heavy atom. The van der Waals surface area contributed by atoms with Gasteiger partial charge in [-0.05, 0) is 25.0 Å². The predicted molar refractivity (Wildman–Crippen MR) is 70.3 cm³/mol. The number of hydrogen-bond acceptors (Lipinski definition) is 3. The maximum atomic E-state index is 13.4. The van der Waals surface area contributed by atoms with Crippen molar-refractivity contribution in [2.45, 2.75) is 26.7 Å². The van der Waals surface area contributed by atoms with Gasteiger partial charge in [0.2, 0.25) is 0 Å². The second-order valence-corrected chi connectivity index (χ2v) is 4.42. The Morgan fingerprint density at radius 2 is 2.11 bits per heavy atom. The predicted octanol–water partition coefficient (Wildman–Crippen LogP) is 3.00. The molecule has 0 spiro atoms. The summed E-state index contributed by atoms with van der Waals surface area (Å²) in [6.07, 6.45) is 0.923. The van der Waals surface area contributed by atoms with E-state index in [1.54, 1.807) is 26.0 Å². The van der Waals surface area contributed by atoms with Gasteiger partial charge in [-0.2, -0.15) is 5.26 Å². The van der Waals surface area contributed by atoms with Crippen LogP contribution < -0.4 is 5.32 Å². The van der Waals surface area contributed by atoms with Crippen LogP contribution in [0.4, 0.5) is 10.1 Å². The minimum Gasteiger partial charge on any atom is -0.481 e. The number of anilines is 1. The molecule has 1 aromatic carbocycles. The topological polar surface area (TPSA) is 73.1 Å². The Labute approximate surface area is 111 Å². The van der Waals surface area contributed by atoms with E-state index in [1.807, 2.05) is 0 Å². The summed E-state index contributed by atoms with van der Waals surface area (Å²) in [6, 6.07) is 6.04. The van der Waals surface area contributed by atoms with Gasteiger partial charge in [0.05, 0.1) is 11.1 Å². The molecule has 0 fully saturated rings. The zero-order valence-electron chi connectivity index (χ0n) is 11.0. The van der Waals surface area contributed by atoms with Crippen LogP contribution >= 0.6 is 0 Å². The highest BCUT2D eigenvalue weighted by molar-refractivity contribution is 5.75. The number of nitrogens with one attached hydrogen (secondary N) is 1. The minimum absolute atomic E-state index is 0.0889. The number of benzene rings is 1. The first-order chi connectivity index (χ1) is 9.00. The van der Waals surface area contributed by atoms with Gasteiger partial charge in [0.1, 0.15) is 17.4 Å². The normalized spacial score (nSPS) is 10.8. The molecule has 1 rings (SSSR count). The van der Waals surface area contributed by atoms with Gasteiger partial charge in [0.25, 0.3) is 0 Å². The minimum atomic E-state index is -0.904. The highest BCUT2D eigenvalue weighted by atomic mass is 19.1. The summed E-state index contributed by atoms with van der Waals surface area (Å²) in [6.45, 7) is 3.76. The van der Waals surface area contributed by atoms with Crippen molar-refractivity contribution in [3.63, 3.8) is 0 Å². The van der Waals surface area contributed by atoms with E-state index in [4.69, 9.17) is 5.26 Å². The van der Waals surface area contributed by atoms with Crippen LogP contribution in [-0.4, -0.2) is 17.6 Å². The molecule has 0 aliphatic rings. The first-order valence-electron chi connectivity index (χ1n) is 6.16. The van der Waals surface area contributed by atoms with E-state index >= 15 is 0 Å². The zero-order valence-corrected chi connectivity index (χ0v) is 11.0. The van der Waals surface area contributed by atoms with Gasteiger partial charge >= 0.3 is 5.97 Å². The standard InChI is InChI=1S/C14H17FN2O2/c1-3-14(4-2,13(18)19)9-17-12-7-5-6-11(15)10(12)8-16/h5-7,17H,3-4,9H2,1-2H3,(H,18,19). The lowest BCUT2D eigenvalue weighted by atomic mass is 9.82. The van der Waals surface area contributed by atoms with Crippen LogP contribution in [0, 0.1) is 22.6 Å². The van der Waals surface area contributed by atoms with E-state index in [9.17, 15) is 14.3 Å². The molecule has 4 nitrogen and oxygen atoms in total. The maximum absolute atomic E-state index is 13.4. The van der Waals surface area contributed by atoms with E-state index in [2.05, 4.69) is 5.32 Å². The fourth-order valence-electron chi connectivity index (χ4n) is 1.93. The summed E-state index contributed by atoms with van der Waals surface area (Å²) in [7, 11) is 0. The quantitative estimate of drug-likeness (QED) is 0.828. The molecule has 0 radical (unpaired) electrons. The molecular weight excluding hydrogens is 247 g/mol. The number of halogens is 1. The van der Waals surface area contributed by atoms with Crippen molar-refractivity contribution in [2.24, 2.45) is 5.41 Å². The number of nitrogens with zero attached hydrogens (tertiary/aromatic N) is 1. The van der Waals surface area contributed by atoms with E-state index < -0.39 is 17.2 Å². The van der Waals surface area contributed by atoms with Crippen LogP contribution in [-0.2, 0) is 4.79 Å². The number of rotatable bonds is 6. The molecule has 0 amide bonds. The van der Waals surface area contributed by atoms with Gasteiger partial charge in [-0.1, -0.05) is 19.9 Å². The number of carbonyl (C=O) groups is 1. The van der Waals surface area contributed by atoms with E-state index in [1.165, 1.54) is 12.1 Å². The number of aliphatic carboxylic acids is 1. The summed E-state index contributed by atoms with van der Waals surface area (Å²) >= 11 is 0. The molecule has 0 saturated carbocycles. The average molecular weight is 264 g/mol. The smallest absolute Gasteiger partial charge is 0.311 e. The Kier molecular flexibility index (Phi) is 4.87. The van der Waals surface area contributed by atoms with Crippen molar-refractivity contribution in [3.05, 3.63) is 29.6 Å². The van der Waals surface area contributed by atoms with Gasteiger partial charge < -0.3 is 10.4 Å². The van der Waals surface area contributed by atoms with Crippen LogP contribution in [0.2, 0.25) is 0 Å². The second-order valence-electron chi connectivity index (χ2n) is 4.42. The van der Waals surface area contributed by atoms with Crippen LogP contribution in [0.1, 0.15) is 32.3 Å².